The first-order valence-electron chi connectivity index (χ1n) is 30.8. The number of aliphatic imine (C=N–C) groups is 2. The molecule has 13 rings (SSSR count). The number of benzene rings is 1. The third-order valence-electron chi connectivity index (χ3n) is 20.1. The summed E-state index contributed by atoms with van der Waals surface area (Å²) in [5.41, 5.74) is 10.8. The topological polar surface area (TPSA) is 220 Å². The minimum Gasteiger partial charge on any atom is -0.468 e. The number of hydrogen-bond acceptors (Lipinski definition) is 14. The Morgan fingerprint density at radius 1 is 0.919 bits per heavy atom. The van der Waals surface area contributed by atoms with E-state index in [1.54, 1.807) is 28.5 Å². The highest BCUT2D eigenvalue weighted by Gasteiger charge is 2.54. The average Bonchev–Trinajstić information content (AvgIpc) is 1.57. The Bertz CT molecular complexity index is 4140. The van der Waals surface area contributed by atoms with Crippen molar-refractivity contribution in [3.8, 4) is 17.1 Å². The van der Waals surface area contributed by atoms with Gasteiger partial charge in [-0.05, 0) is 149 Å². The average molecular weight is 1160 g/mol. The standard InChI is InChI=1S/C68H74N8O10/c1-10-40-34(5)49-29-51-36(7)43(61(72-51)58-59(65(80)83-9)63(78)57-37(8)52(73-62(57)58)31-54-41(11-2)35(6)50(70-54)30-53(40)69-49)18-20-56(77)86-68(13-4)47-28-55-60-45(32-76(55)64(79)46(47)33-84-66(68)81)42(12-3)44-27-39(17-19-48(44)71-60)85-67(82)75-25-21-38(22-26-75)74-23-15-14-16-24-74/h10,17,19,27-30,36,38,43,52,59,69-70H,1,11-16,18,20-26,31-33H2,2-9H3/t36-,43?,52?,59?,68?/m1/s1. The fourth-order valence-corrected chi connectivity index (χ4v) is 15.3. The van der Waals surface area contributed by atoms with E-state index < -0.39 is 47.2 Å². The van der Waals surface area contributed by atoms with Crippen LogP contribution in [0.15, 0.2) is 68.0 Å². The predicted octanol–water partition coefficient (Wildman–Crippen LogP) is 8.24. The fraction of sp³-hybridized carbons (Fsp3) is 0.456. The van der Waals surface area contributed by atoms with Crippen molar-refractivity contribution >= 4 is 70.3 Å². The van der Waals surface area contributed by atoms with Crippen LogP contribution in [-0.2, 0) is 71.4 Å². The zero-order valence-electron chi connectivity index (χ0n) is 50.4. The van der Waals surface area contributed by atoms with E-state index >= 15 is 0 Å². The van der Waals surface area contributed by atoms with E-state index in [0.29, 0.717) is 82.9 Å². The summed E-state index contributed by atoms with van der Waals surface area (Å²) in [6.45, 7) is 21.6. The van der Waals surface area contributed by atoms with Crippen LogP contribution in [0, 0.1) is 31.6 Å². The van der Waals surface area contributed by atoms with Crippen molar-refractivity contribution in [1.82, 2.24) is 29.3 Å². The molecule has 8 aliphatic rings. The number of esters is 3. The minimum absolute atomic E-state index is 0.0377. The van der Waals surface area contributed by atoms with Crippen LogP contribution in [-0.4, -0.2) is 116 Å². The smallest absolute Gasteiger partial charge is 0.415 e. The Morgan fingerprint density at radius 3 is 2.41 bits per heavy atom. The molecule has 1 saturated carbocycles. The SMILES string of the molecule is C=Cc1c(C)c2[nH]c1=Cc1[nH]c(c(CC)c1C)CC1N=C3C(=C1C)C(=O)C(C(=O)OC)C3=C1N=C(C=2)[C@H](C)C1CCC(=O)OC1(CC)C(=O)OCc2c1cc1n(c2=O)Cc2c-1nc1ccc(OC(=O)N3CCC(N4CCCCC4)CC3)cc1c2CC. The molecule has 2 saturated heterocycles. The number of methoxy groups -OCH3 is 1. The zero-order chi connectivity index (χ0) is 60.2. The van der Waals surface area contributed by atoms with Crippen LogP contribution in [0.2, 0.25) is 0 Å². The maximum Gasteiger partial charge on any atom is 0.415 e. The number of nitrogens with zero attached hydrogens (tertiary/aromatic N) is 6. The summed E-state index contributed by atoms with van der Waals surface area (Å²) in [6.07, 6.45) is 12.9. The number of cyclic esters (lactones) is 1. The van der Waals surface area contributed by atoms with E-state index in [1.807, 2.05) is 52.0 Å². The molecule has 1 amide bonds. The highest BCUT2D eigenvalue weighted by atomic mass is 16.6. The maximum absolute atomic E-state index is 14.8. The third-order valence-corrected chi connectivity index (χ3v) is 20.1. The van der Waals surface area contributed by atoms with Crippen LogP contribution in [0.25, 0.3) is 40.5 Å². The zero-order valence-corrected chi connectivity index (χ0v) is 50.4. The number of carbonyl (C=O) groups is 5. The molecule has 1 aliphatic carbocycles. The molecule has 11 heterocycles. The Kier molecular flexibility index (Phi) is 14.5. The number of ketones is 1. The second-order valence-corrected chi connectivity index (χ2v) is 24.5. The molecule has 2 N–H and O–H groups in total. The molecule has 18 heteroatoms. The summed E-state index contributed by atoms with van der Waals surface area (Å²) in [4.78, 5) is 114. The molecule has 1 aromatic carbocycles. The first-order chi connectivity index (χ1) is 41.5. The van der Waals surface area contributed by atoms with Gasteiger partial charge in [-0.1, -0.05) is 46.8 Å². The molecule has 4 unspecified atom stereocenters. The number of allylic oxidation sites excluding steroid dienone is 2. The summed E-state index contributed by atoms with van der Waals surface area (Å²) >= 11 is 0. The summed E-state index contributed by atoms with van der Waals surface area (Å²) in [5.74, 6) is -4.45. The Balaban J connectivity index is 0.817. The molecular formula is C68H74N8O10. The van der Waals surface area contributed by atoms with Crippen molar-refractivity contribution < 1.29 is 42.9 Å². The van der Waals surface area contributed by atoms with Crippen molar-refractivity contribution in [3.05, 3.63) is 130 Å². The number of ether oxygens (including phenoxy) is 4. The number of rotatable bonds is 11. The number of likely N-dealkylation sites (tertiary alicyclic amines) is 2. The van der Waals surface area contributed by atoms with Crippen LogP contribution in [0.5, 0.6) is 5.75 Å². The summed E-state index contributed by atoms with van der Waals surface area (Å²) < 4.78 is 25.2. The molecule has 4 aromatic heterocycles. The number of piperidine rings is 2. The largest absolute Gasteiger partial charge is 0.468 e. The van der Waals surface area contributed by atoms with Gasteiger partial charge in [0.25, 0.3) is 5.56 Å². The third kappa shape index (κ3) is 9.01. The van der Waals surface area contributed by atoms with E-state index in [9.17, 15) is 28.8 Å². The van der Waals surface area contributed by atoms with Crippen molar-refractivity contribution in [2.24, 2.45) is 27.7 Å². The molecule has 7 aliphatic heterocycles. The van der Waals surface area contributed by atoms with Crippen LogP contribution < -0.4 is 21.0 Å². The maximum atomic E-state index is 14.8. The van der Waals surface area contributed by atoms with Gasteiger partial charge in [0.05, 0.1) is 53.6 Å². The molecule has 446 valence electrons. The van der Waals surface area contributed by atoms with E-state index in [-0.39, 0.29) is 61.1 Å². The predicted molar refractivity (Wildman–Crippen MR) is 326 cm³/mol. The highest BCUT2D eigenvalue weighted by molar-refractivity contribution is 6.42. The van der Waals surface area contributed by atoms with E-state index in [0.717, 1.165) is 93.2 Å². The number of amides is 1. The number of aromatic amines is 2. The van der Waals surface area contributed by atoms with Gasteiger partial charge in [-0.3, -0.25) is 29.2 Å². The molecule has 18 nitrogen and oxygen atoms in total. The molecule has 86 heavy (non-hydrogen) atoms. The lowest BCUT2D eigenvalue weighted by Crippen LogP contribution is -2.48. The van der Waals surface area contributed by atoms with Crippen LogP contribution in [0.1, 0.15) is 142 Å². The van der Waals surface area contributed by atoms with Gasteiger partial charge in [-0.15, -0.1) is 0 Å². The van der Waals surface area contributed by atoms with Crippen molar-refractivity contribution in [3.63, 3.8) is 0 Å². The van der Waals surface area contributed by atoms with Crippen LogP contribution in [0.4, 0.5) is 4.79 Å². The van der Waals surface area contributed by atoms with Crippen LogP contribution in [0.3, 0.4) is 0 Å². The second-order valence-electron chi connectivity index (χ2n) is 24.5. The van der Waals surface area contributed by atoms with Gasteiger partial charge < -0.3 is 43.3 Å². The molecule has 5 aromatic rings. The van der Waals surface area contributed by atoms with Gasteiger partial charge in [0, 0.05) is 105 Å². The van der Waals surface area contributed by atoms with Gasteiger partial charge in [0.2, 0.25) is 5.60 Å². The van der Waals surface area contributed by atoms with Crippen molar-refractivity contribution in [2.45, 2.75) is 150 Å². The summed E-state index contributed by atoms with van der Waals surface area (Å²) in [6, 6.07) is 7.29. The normalized spacial score (nSPS) is 23.3. The van der Waals surface area contributed by atoms with Gasteiger partial charge in [-0.2, -0.15) is 0 Å². The number of Topliss-reactive ketones (excluding diaryl/α,β-unsaturated/α-hetero) is 1. The van der Waals surface area contributed by atoms with Gasteiger partial charge in [0.1, 0.15) is 18.3 Å². The fourth-order valence-electron chi connectivity index (χ4n) is 15.3. The quantitative estimate of drug-likeness (QED) is 0.0712. The Labute approximate surface area is 498 Å². The van der Waals surface area contributed by atoms with Gasteiger partial charge in [-0.25, -0.2) is 14.6 Å². The van der Waals surface area contributed by atoms with E-state index in [1.165, 1.54) is 31.9 Å². The lowest BCUT2D eigenvalue weighted by atomic mass is 9.83. The number of aromatic nitrogens is 4. The molecule has 8 bridgehead atoms. The lowest BCUT2D eigenvalue weighted by molar-refractivity contribution is -0.189. The molecule has 5 atom stereocenters. The Hall–Kier alpha value is -8.25. The number of carbonyl (C=O) groups excluding carboxylic acids is 5. The number of aryl methyl sites for hydroxylation is 1. The highest BCUT2D eigenvalue weighted by Crippen LogP contribution is 2.48. The monoisotopic (exact) mass is 1160 g/mol. The molecule has 0 radical (unpaired) electrons. The molecule has 3 fully saturated rings. The Morgan fingerprint density at radius 2 is 1.69 bits per heavy atom. The van der Waals surface area contributed by atoms with Gasteiger partial charge >= 0.3 is 24.0 Å². The second kappa shape index (κ2) is 21.9. The number of fused-ring (bicyclic) bond motifs is 11. The van der Waals surface area contributed by atoms with E-state index in [2.05, 4.69) is 41.4 Å². The van der Waals surface area contributed by atoms with Crippen LogP contribution >= 0.6 is 0 Å². The first kappa shape index (κ1) is 56.9. The molecule has 0 spiro atoms. The van der Waals surface area contributed by atoms with E-state index in [4.69, 9.17) is 33.9 Å². The minimum atomic E-state index is -1.98. The lowest BCUT2D eigenvalue weighted by Gasteiger charge is -2.39. The first-order valence-corrected chi connectivity index (χ1v) is 30.8. The van der Waals surface area contributed by atoms with Gasteiger partial charge in [0.15, 0.2) is 5.78 Å². The van der Waals surface area contributed by atoms with Crippen molar-refractivity contribution in [1.29, 1.82) is 0 Å². The number of nitrogens with one attached hydrogen (secondary N) is 2. The number of H-pyrrole nitrogens is 2. The molecular weight excluding hydrogens is 1090 g/mol. The number of hydrogen-bond donors (Lipinski definition) is 2. The van der Waals surface area contributed by atoms with Crippen molar-refractivity contribution in [2.75, 3.05) is 33.3 Å². The summed E-state index contributed by atoms with van der Waals surface area (Å²) in [7, 11) is 1.26. The summed E-state index contributed by atoms with van der Waals surface area (Å²) in [5, 5.41) is 2.48. The number of pyridine rings is 2.